The van der Waals surface area contributed by atoms with E-state index in [1.165, 1.54) is 0 Å². The molecule has 0 radical (unpaired) electrons. The zero-order valence-corrected chi connectivity index (χ0v) is 12.0. The van der Waals surface area contributed by atoms with E-state index in [-0.39, 0.29) is 23.7 Å². The van der Waals surface area contributed by atoms with Crippen molar-refractivity contribution in [3.05, 3.63) is 35.4 Å². The minimum atomic E-state index is -0.174. The molecule has 0 heterocycles. The van der Waals surface area contributed by atoms with Gasteiger partial charge in [-0.2, -0.15) is 0 Å². The second-order valence-corrected chi connectivity index (χ2v) is 4.84. The summed E-state index contributed by atoms with van der Waals surface area (Å²) in [7, 11) is 1.60. The first-order chi connectivity index (χ1) is 9.49. The van der Waals surface area contributed by atoms with Crippen molar-refractivity contribution in [3.63, 3.8) is 0 Å². The summed E-state index contributed by atoms with van der Waals surface area (Å²) in [5.41, 5.74) is 6.54. The quantitative estimate of drug-likeness (QED) is 0.315. The summed E-state index contributed by atoms with van der Waals surface area (Å²) in [5, 5.41) is 14.4. The van der Waals surface area contributed by atoms with Crippen LogP contribution in [0.1, 0.15) is 29.8 Å². The topological polar surface area (TPSA) is 96.9 Å². The Bertz CT molecular complexity index is 469. The smallest absolute Gasteiger partial charge is 0.251 e. The van der Waals surface area contributed by atoms with Gasteiger partial charge in [-0.05, 0) is 18.1 Å². The number of amides is 1. The van der Waals surface area contributed by atoms with Gasteiger partial charge in [0.15, 0.2) is 5.84 Å². The molecule has 1 rings (SSSR count). The molecular formula is C14H21N3O3. The van der Waals surface area contributed by atoms with Crippen LogP contribution in [0.5, 0.6) is 0 Å². The van der Waals surface area contributed by atoms with E-state index in [0.717, 1.165) is 0 Å². The van der Waals surface area contributed by atoms with E-state index in [1.54, 1.807) is 31.4 Å². The second kappa shape index (κ2) is 7.49. The summed E-state index contributed by atoms with van der Waals surface area (Å²) in [6.07, 6.45) is 0. The third-order valence-corrected chi connectivity index (χ3v) is 3.02. The fraction of sp³-hybridized carbons (Fsp3) is 0.429. The lowest BCUT2D eigenvalue weighted by Gasteiger charge is -2.21. The van der Waals surface area contributed by atoms with E-state index in [0.29, 0.717) is 17.7 Å². The number of nitrogens with zero attached hydrogens (tertiary/aromatic N) is 1. The molecule has 1 unspecified atom stereocenters. The molecule has 0 aliphatic rings. The van der Waals surface area contributed by atoms with Crippen LogP contribution < -0.4 is 11.1 Å². The number of amidine groups is 1. The third-order valence-electron chi connectivity index (χ3n) is 3.02. The van der Waals surface area contributed by atoms with Crippen molar-refractivity contribution in [2.75, 3.05) is 13.7 Å². The Hall–Kier alpha value is -2.08. The average Bonchev–Trinajstić information content (AvgIpc) is 2.45. The first-order valence-electron chi connectivity index (χ1n) is 6.37. The van der Waals surface area contributed by atoms with Gasteiger partial charge in [0, 0.05) is 18.2 Å². The average molecular weight is 279 g/mol. The standard InChI is InChI=1S/C14H21N3O3/c1-9(2)12(8-20-3)16-14(18)11-6-4-10(5-7-11)13(15)17-19/h4-7,9,12,19H,8H2,1-3H3,(H2,15,17)(H,16,18). The molecule has 4 N–H and O–H groups in total. The number of nitrogens with one attached hydrogen (secondary N) is 1. The van der Waals surface area contributed by atoms with Crippen LogP contribution in [0.4, 0.5) is 0 Å². The van der Waals surface area contributed by atoms with Crippen LogP contribution >= 0.6 is 0 Å². The van der Waals surface area contributed by atoms with E-state index in [2.05, 4.69) is 10.5 Å². The van der Waals surface area contributed by atoms with Crippen LogP contribution in [-0.4, -0.2) is 36.7 Å². The number of ether oxygens (including phenoxy) is 1. The molecule has 0 fully saturated rings. The van der Waals surface area contributed by atoms with Crippen LogP contribution in [0.3, 0.4) is 0 Å². The molecule has 0 aromatic heterocycles. The summed E-state index contributed by atoms with van der Waals surface area (Å²) in [5.74, 6) is 0.110. The highest BCUT2D eigenvalue weighted by atomic mass is 16.5. The van der Waals surface area contributed by atoms with Gasteiger partial charge in [0.2, 0.25) is 0 Å². The molecule has 1 aromatic carbocycles. The second-order valence-electron chi connectivity index (χ2n) is 4.84. The maximum absolute atomic E-state index is 12.1. The molecule has 1 atom stereocenters. The van der Waals surface area contributed by atoms with Crippen molar-refractivity contribution in [1.82, 2.24) is 5.32 Å². The van der Waals surface area contributed by atoms with E-state index >= 15 is 0 Å². The minimum absolute atomic E-state index is 0.0106. The Morgan fingerprint density at radius 1 is 1.35 bits per heavy atom. The van der Waals surface area contributed by atoms with Crippen LogP contribution in [0.15, 0.2) is 29.4 Å². The van der Waals surface area contributed by atoms with Crippen LogP contribution in [0.2, 0.25) is 0 Å². The Labute approximate surface area is 118 Å². The molecule has 0 saturated carbocycles. The largest absolute Gasteiger partial charge is 0.409 e. The Morgan fingerprint density at radius 3 is 2.35 bits per heavy atom. The van der Waals surface area contributed by atoms with Crippen LogP contribution in [0, 0.1) is 5.92 Å². The molecule has 1 amide bonds. The van der Waals surface area contributed by atoms with Crippen molar-refractivity contribution < 1.29 is 14.7 Å². The maximum Gasteiger partial charge on any atom is 0.251 e. The van der Waals surface area contributed by atoms with Gasteiger partial charge in [0.1, 0.15) is 0 Å². The molecule has 0 bridgehead atoms. The van der Waals surface area contributed by atoms with Crippen molar-refractivity contribution in [2.45, 2.75) is 19.9 Å². The fourth-order valence-electron chi connectivity index (χ4n) is 1.68. The zero-order chi connectivity index (χ0) is 15.1. The maximum atomic E-state index is 12.1. The first-order valence-corrected chi connectivity index (χ1v) is 6.37. The van der Waals surface area contributed by atoms with Crippen LogP contribution in [-0.2, 0) is 4.74 Å². The third kappa shape index (κ3) is 4.24. The predicted octanol–water partition coefficient (Wildman–Crippen LogP) is 1.18. The number of rotatable bonds is 6. The van der Waals surface area contributed by atoms with Crippen molar-refractivity contribution in [2.24, 2.45) is 16.8 Å². The number of methoxy groups -OCH3 is 1. The molecule has 6 nitrogen and oxygen atoms in total. The normalized spacial score (nSPS) is 13.3. The highest BCUT2D eigenvalue weighted by Gasteiger charge is 2.17. The Morgan fingerprint density at radius 2 is 1.90 bits per heavy atom. The SMILES string of the molecule is COCC(NC(=O)c1ccc(C(N)=NO)cc1)C(C)C. The number of hydrogen-bond donors (Lipinski definition) is 3. The number of oxime groups is 1. The number of carbonyl (C=O) groups excluding carboxylic acids is 1. The highest BCUT2D eigenvalue weighted by Crippen LogP contribution is 2.07. The molecule has 0 saturated heterocycles. The Kier molecular flexibility index (Phi) is 5.99. The van der Waals surface area contributed by atoms with Gasteiger partial charge < -0.3 is 21.0 Å². The van der Waals surface area contributed by atoms with E-state index < -0.39 is 0 Å². The number of nitrogens with two attached hydrogens (primary N) is 1. The molecule has 0 spiro atoms. The Balaban J connectivity index is 2.77. The lowest BCUT2D eigenvalue weighted by Crippen LogP contribution is -2.41. The number of benzene rings is 1. The van der Waals surface area contributed by atoms with Gasteiger partial charge in [-0.15, -0.1) is 0 Å². The fourth-order valence-corrected chi connectivity index (χ4v) is 1.68. The lowest BCUT2D eigenvalue weighted by atomic mass is 10.0. The molecule has 1 aromatic rings. The molecular weight excluding hydrogens is 258 g/mol. The van der Waals surface area contributed by atoms with Gasteiger partial charge in [-0.1, -0.05) is 31.1 Å². The van der Waals surface area contributed by atoms with Gasteiger partial charge in [-0.3, -0.25) is 4.79 Å². The molecule has 6 heteroatoms. The van der Waals surface area contributed by atoms with Crippen molar-refractivity contribution in [3.8, 4) is 0 Å². The lowest BCUT2D eigenvalue weighted by molar-refractivity contribution is 0.0866. The predicted molar refractivity (Wildman–Crippen MR) is 76.9 cm³/mol. The van der Waals surface area contributed by atoms with Crippen LogP contribution in [0.25, 0.3) is 0 Å². The molecule has 0 aliphatic heterocycles. The summed E-state index contributed by atoms with van der Waals surface area (Å²) in [6.45, 7) is 4.50. The summed E-state index contributed by atoms with van der Waals surface area (Å²) in [6, 6.07) is 6.48. The van der Waals surface area contributed by atoms with Crippen molar-refractivity contribution >= 4 is 11.7 Å². The van der Waals surface area contributed by atoms with Gasteiger partial charge in [0.25, 0.3) is 5.91 Å². The summed E-state index contributed by atoms with van der Waals surface area (Å²) < 4.78 is 5.09. The summed E-state index contributed by atoms with van der Waals surface area (Å²) in [4.78, 5) is 12.1. The van der Waals surface area contributed by atoms with Gasteiger partial charge >= 0.3 is 0 Å². The monoisotopic (exact) mass is 279 g/mol. The number of carbonyl (C=O) groups is 1. The summed E-state index contributed by atoms with van der Waals surface area (Å²) >= 11 is 0. The number of hydrogen-bond acceptors (Lipinski definition) is 4. The molecule has 20 heavy (non-hydrogen) atoms. The van der Waals surface area contributed by atoms with E-state index in [1.807, 2.05) is 13.8 Å². The highest BCUT2D eigenvalue weighted by molar-refractivity contribution is 5.99. The van der Waals surface area contributed by atoms with Gasteiger partial charge in [-0.25, -0.2) is 0 Å². The van der Waals surface area contributed by atoms with Crippen molar-refractivity contribution in [1.29, 1.82) is 0 Å². The minimum Gasteiger partial charge on any atom is -0.409 e. The first kappa shape index (κ1) is 16.0. The van der Waals surface area contributed by atoms with E-state index in [9.17, 15) is 4.79 Å². The zero-order valence-electron chi connectivity index (χ0n) is 12.0. The molecule has 0 aliphatic carbocycles. The molecule has 110 valence electrons. The van der Waals surface area contributed by atoms with E-state index in [4.69, 9.17) is 15.7 Å². The van der Waals surface area contributed by atoms with Gasteiger partial charge in [0.05, 0.1) is 12.6 Å².